The van der Waals surface area contributed by atoms with Crippen molar-refractivity contribution in [2.24, 2.45) is 0 Å². The molecule has 3 heteroatoms. The Hall–Kier alpha value is -2.16. The Labute approximate surface area is 131 Å². The van der Waals surface area contributed by atoms with Crippen LogP contribution in [0.25, 0.3) is 22.3 Å². The molecule has 3 rings (SSSR count). The Morgan fingerprint density at radius 1 is 0.955 bits per heavy atom. The number of rotatable bonds is 4. The molecule has 3 nitrogen and oxygen atoms in total. The minimum atomic E-state index is 0.924. The van der Waals surface area contributed by atoms with Gasteiger partial charge in [-0.2, -0.15) is 0 Å². The fourth-order valence-electron chi connectivity index (χ4n) is 3.01. The second-order valence-electron chi connectivity index (χ2n) is 5.71. The van der Waals surface area contributed by atoms with Gasteiger partial charge in [0.15, 0.2) is 0 Å². The second kappa shape index (κ2) is 5.91. The molecule has 3 heterocycles. The maximum atomic E-state index is 5.01. The van der Waals surface area contributed by atoms with Gasteiger partial charge >= 0.3 is 0 Å². The molecule has 0 unspecified atom stereocenters. The van der Waals surface area contributed by atoms with E-state index in [4.69, 9.17) is 9.97 Å². The third-order valence-electron chi connectivity index (χ3n) is 4.27. The Morgan fingerprint density at radius 3 is 2.41 bits per heavy atom. The molecule has 0 aliphatic carbocycles. The van der Waals surface area contributed by atoms with E-state index in [1.165, 1.54) is 16.7 Å². The molecule has 0 amide bonds. The van der Waals surface area contributed by atoms with E-state index >= 15 is 0 Å². The minimum absolute atomic E-state index is 0.924. The molecule has 0 aliphatic rings. The minimum Gasteiger partial charge on any atom is -0.360 e. The molecular weight excluding hydrogens is 270 g/mol. The van der Waals surface area contributed by atoms with Crippen LogP contribution in [-0.2, 0) is 19.3 Å². The summed E-state index contributed by atoms with van der Waals surface area (Å²) in [6.45, 7) is 8.55. The quantitative estimate of drug-likeness (QED) is 0.762. The van der Waals surface area contributed by atoms with Crippen LogP contribution in [-0.4, -0.2) is 15.0 Å². The molecule has 0 spiro atoms. The lowest BCUT2D eigenvalue weighted by molar-refractivity contribution is 1.00. The van der Waals surface area contributed by atoms with Crippen molar-refractivity contribution in [3.8, 4) is 11.3 Å². The van der Waals surface area contributed by atoms with Crippen molar-refractivity contribution in [2.45, 2.75) is 47.0 Å². The average Bonchev–Trinajstić information content (AvgIpc) is 2.95. The summed E-state index contributed by atoms with van der Waals surface area (Å²) in [5, 5.41) is 0. The molecule has 0 saturated carbocycles. The predicted molar refractivity (Wildman–Crippen MR) is 92.2 cm³/mol. The standard InChI is InChI=1S/C19H23N3/c1-5-13-10-17-19(14(6-2)11-20-17)22-18(13)15-9-8-12(4)21-16(15)7-3/h8-11,20H,5-7H2,1-4H3. The van der Waals surface area contributed by atoms with Crippen LogP contribution >= 0.6 is 0 Å². The maximum Gasteiger partial charge on any atom is 0.0918 e. The number of hydrogen-bond acceptors (Lipinski definition) is 2. The van der Waals surface area contributed by atoms with E-state index in [9.17, 15) is 0 Å². The molecule has 0 fully saturated rings. The molecule has 0 radical (unpaired) electrons. The first-order valence-electron chi connectivity index (χ1n) is 8.14. The number of nitrogens with zero attached hydrogens (tertiary/aromatic N) is 2. The molecule has 22 heavy (non-hydrogen) atoms. The average molecular weight is 293 g/mol. The number of aromatic amines is 1. The fourth-order valence-corrected chi connectivity index (χ4v) is 3.01. The van der Waals surface area contributed by atoms with Crippen LogP contribution < -0.4 is 0 Å². The fraction of sp³-hybridized carbons (Fsp3) is 0.368. The van der Waals surface area contributed by atoms with Crippen molar-refractivity contribution in [1.82, 2.24) is 15.0 Å². The first-order chi connectivity index (χ1) is 10.7. The topological polar surface area (TPSA) is 41.6 Å². The number of fused-ring (bicyclic) bond motifs is 1. The summed E-state index contributed by atoms with van der Waals surface area (Å²) < 4.78 is 0. The molecule has 0 bridgehead atoms. The number of aromatic nitrogens is 3. The summed E-state index contributed by atoms with van der Waals surface area (Å²) >= 11 is 0. The highest BCUT2D eigenvalue weighted by molar-refractivity contribution is 5.84. The third kappa shape index (κ3) is 2.41. The number of nitrogens with one attached hydrogen (secondary N) is 1. The number of pyridine rings is 2. The van der Waals surface area contributed by atoms with Gasteiger partial charge < -0.3 is 4.98 Å². The predicted octanol–water partition coefficient (Wildman–Crippen LogP) is 4.62. The van der Waals surface area contributed by atoms with Crippen LogP contribution in [0.3, 0.4) is 0 Å². The monoisotopic (exact) mass is 293 g/mol. The van der Waals surface area contributed by atoms with E-state index in [2.05, 4.69) is 50.2 Å². The van der Waals surface area contributed by atoms with Crippen molar-refractivity contribution in [3.63, 3.8) is 0 Å². The third-order valence-corrected chi connectivity index (χ3v) is 4.27. The van der Waals surface area contributed by atoms with Crippen molar-refractivity contribution >= 4 is 11.0 Å². The van der Waals surface area contributed by atoms with Gasteiger partial charge in [-0.3, -0.25) is 4.98 Å². The normalized spacial score (nSPS) is 11.3. The number of aryl methyl sites for hydroxylation is 4. The van der Waals surface area contributed by atoms with Gasteiger partial charge in [-0.1, -0.05) is 20.8 Å². The number of hydrogen-bond donors (Lipinski definition) is 1. The van der Waals surface area contributed by atoms with Gasteiger partial charge in [0.2, 0.25) is 0 Å². The highest BCUT2D eigenvalue weighted by atomic mass is 14.8. The summed E-state index contributed by atoms with van der Waals surface area (Å²) in [5.74, 6) is 0. The zero-order valence-electron chi connectivity index (χ0n) is 13.8. The van der Waals surface area contributed by atoms with E-state index in [1.807, 2.05) is 6.92 Å². The van der Waals surface area contributed by atoms with Crippen LogP contribution in [0.2, 0.25) is 0 Å². The van der Waals surface area contributed by atoms with E-state index in [1.54, 1.807) is 0 Å². The van der Waals surface area contributed by atoms with Crippen LogP contribution in [0, 0.1) is 6.92 Å². The SMILES string of the molecule is CCc1cc2[nH]cc(CC)c2nc1-c1ccc(C)nc1CC. The van der Waals surface area contributed by atoms with Crippen LogP contribution in [0.4, 0.5) is 0 Å². The molecule has 0 aliphatic heterocycles. The molecule has 3 aromatic rings. The van der Waals surface area contributed by atoms with Gasteiger partial charge in [0.1, 0.15) is 0 Å². The van der Waals surface area contributed by atoms with Crippen molar-refractivity contribution in [3.05, 3.63) is 46.9 Å². The van der Waals surface area contributed by atoms with E-state index < -0.39 is 0 Å². The maximum absolute atomic E-state index is 5.01. The van der Waals surface area contributed by atoms with Crippen molar-refractivity contribution in [2.75, 3.05) is 0 Å². The highest BCUT2D eigenvalue weighted by Crippen LogP contribution is 2.29. The van der Waals surface area contributed by atoms with Gasteiger partial charge in [-0.15, -0.1) is 0 Å². The zero-order chi connectivity index (χ0) is 15.7. The first-order valence-corrected chi connectivity index (χ1v) is 8.14. The van der Waals surface area contributed by atoms with E-state index in [0.717, 1.165) is 47.4 Å². The Balaban J connectivity index is 2.28. The Bertz CT molecular complexity index is 815. The van der Waals surface area contributed by atoms with Crippen molar-refractivity contribution < 1.29 is 0 Å². The van der Waals surface area contributed by atoms with Gasteiger partial charge in [0.05, 0.1) is 16.7 Å². The smallest absolute Gasteiger partial charge is 0.0918 e. The Kier molecular flexibility index (Phi) is 3.97. The lowest BCUT2D eigenvalue weighted by atomic mass is 10.00. The molecule has 1 N–H and O–H groups in total. The summed E-state index contributed by atoms with van der Waals surface area (Å²) in [5.41, 5.74) is 9.25. The highest BCUT2D eigenvalue weighted by Gasteiger charge is 2.14. The van der Waals surface area contributed by atoms with Gasteiger partial charge in [0.25, 0.3) is 0 Å². The van der Waals surface area contributed by atoms with E-state index in [-0.39, 0.29) is 0 Å². The molecule has 3 aromatic heterocycles. The largest absolute Gasteiger partial charge is 0.360 e. The molecule has 0 saturated heterocycles. The summed E-state index contributed by atoms with van der Waals surface area (Å²) in [4.78, 5) is 13.1. The molecule has 0 aromatic carbocycles. The van der Waals surface area contributed by atoms with Crippen LogP contribution in [0.15, 0.2) is 24.4 Å². The van der Waals surface area contributed by atoms with Gasteiger partial charge in [-0.05, 0) is 55.5 Å². The molecular formula is C19H23N3. The zero-order valence-corrected chi connectivity index (χ0v) is 13.8. The first kappa shape index (κ1) is 14.8. The Morgan fingerprint density at radius 2 is 1.73 bits per heavy atom. The summed E-state index contributed by atoms with van der Waals surface area (Å²) in [7, 11) is 0. The number of H-pyrrole nitrogens is 1. The lowest BCUT2D eigenvalue weighted by Gasteiger charge is -2.12. The van der Waals surface area contributed by atoms with Crippen molar-refractivity contribution in [1.29, 1.82) is 0 Å². The molecule has 0 atom stereocenters. The summed E-state index contributed by atoms with van der Waals surface area (Å²) in [6.07, 6.45) is 4.96. The van der Waals surface area contributed by atoms with Crippen LogP contribution in [0.5, 0.6) is 0 Å². The lowest BCUT2D eigenvalue weighted by Crippen LogP contribution is -2.00. The summed E-state index contributed by atoms with van der Waals surface area (Å²) in [6, 6.07) is 6.50. The molecule has 114 valence electrons. The van der Waals surface area contributed by atoms with E-state index in [0.29, 0.717) is 0 Å². The van der Waals surface area contributed by atoms with Gasteiger partial charge in [0, 0.05) is 23.1 Å². The van der Waals surface area contributed by atoms with Gasteiger partial charge in [-0.25, -0.2) is 4.98 Å². The second-order valence-corrected chi connectivity index (χ2v) is 5.71. The van der Waals surface area contributed by atoms with Crippen LogP contribution in [0.1, 0.15) is 43.3 Å².